The highest BCUT2D eigenvalue weighted by molar-refractivity contribution is 6.18. The number of nitrogens with zero attached hydrogens (tertiary/aromatic N) is 2. The van der Waals surface area contributed by atoms with Gasteiger partial charge in [0.15, 0.2) is 0 Å². The minimum absolute atomic E-state index is 0.0186. The molecule has 2 saturated heterocycles. The Morgan fingerprint density at radius 3 is 2.02 bits per heavy atom. The summed E-state index contributed by atoms with van der Waals surface area (Å²) in [6.07, 6.45) is 3.65. The summed E-state index contributed by atoms with van der Waals surface area (Å²) in [6.45, 7) is 4.60. The summed E-state index contributed by atoms with van der Waals surface area (Å²) in [5, 5.41) is 9.99. The molecule has 1 atom stereocenters. The number of carbonyl (C=O) groups is 3. The first-order valence-corrected chi connectivity index (χ1v) is 14.6. The lowest BCUT2D eigenvalue weighted by Gasteiger charge is -2.42. The Bertz CT molecular complexity index is 1550. The first-order valence-electron chi connectivity index (χ1n) is 14.6. The molecule has 3 amide bonds. The summed E-state index contributed by atoms with van der Waals surface area (Å²) >= 11 is 0. The molecule has 7 heteroatoms. The second-order valence-electron chi connectivity index (χ2n) is 11.3. The molecule has 1 unspecified atom stereocenters. The van der Waals surface area contributed by atoms with E-state index in [1.54, 1.807) is 12.1 Å². The maximum absolute atomic E-state index is 13.9. The van der Waals surface area contributed by atoms with E-state index in [2.05, 4.69) is 45.9 Å². The van der Waals surface area contributed by atoms with Crippen LogP contribution in [0.1, 0.15) is 43.0 Å². The number of fused-ring (bicyclic) bond motifs is 2. The zero-order valence-corrected chi connectivity index (χ0v) is 23.4. The van der Waals surface area contributed by atoms with E-state index in [0.29, 0.717) is 30.5 Å². The topological polar surface area (TPSA) is 81.8 Å². The molecule has 2 heterocycles. The number of amides is 3. The van der Waals surface area contributed by atoms with Gasteiger partial charge in [-0.1, -0.05) is 54.6 Å². The molecular weight excluding hydrogens is 512 g/mol. The minimum atomic E-state index is -0.144. The SMILES string of the molecule is CC(=O)Nc1cccc(NC(=O)C2CCCN(C3CCN(C(=O)c4c5ccccc5cc5ccccc45)CC3)C2)c1. The number of rotatable bonds is 5. The quantitative estimate of drug-likeness (QED) is 0.304. The standard InChI is InChI=1S/C34H36N4O3/c1-23(39)35-27-11-6-12-28(21-27)36-33(40)26-10-7-17-38(22-26)29-15-18-37(19-16-29)34(41)32-30-13-4-2-8-24(30)20-25-9-3-5-14-31(25)32/h2-6,8-9,11-14,20-21,26,29H,7,10,15-19,22H2,1H3,(H,35,39)(H,36,40). The van der Waals surface area contributed by atoms with E-state index >= 15 is 0 Å². The third-order valence-electron chi connectivity index (χ3n) is 8.53. The monoisotopic (exact) mass is 548 g/mol. The van der Waals surface area contributed by atoms with Crippen molar-refractivity contribution in [2.75, 3.05) is 36.8 Å². The molecule has 0 aliphatic carbocycles. The van der Waals surface area contributed by atoms with Crippen LogP contribution in [0.15, 0.2) is 78.9 Å². The Hall–Kier alpha value is -4.23. The fourth-order valence-corrected chi connectivity index (χ4v) is 6.51. The number of piperidine rings is 2. The summed E-state index contributed by atoms with van der Waals surface area (Å²) in [5.41, 5.74) is 2.15. The molecule has 0 spiro atoms. The Morgan fingerprint density at radius 1 is 0.732 bits per heavy atom. The van der Waals surface area contributed by atoms with Gasteiger partial charge in [0.05, 0.1) is 11.5 Å². The van der Waals surface area contributed by atoms with Crippen molar-refractivity contribution in [2.45, 2.75) is 38.6 Å². The van der Waals surface area contributed by atoms with E-state index in [0.717, 1.165) is 65.9 Å². The zero-order chi connectivity index (χ0) is 28.3. The van der Waals surface area contributed by atoms with Crippen LogP contribution in [-0.2, 0) is 9.59 Å². The first-order chi connectivity index (χ1) is 20.0. The normalized spacial score (nSPS) is 18.4. The lowest BCUT2D eigenvalue weighted by Crippen LogP contribution is -2.51. The van der Waals surface area contributed by atoms with Crippen LogP contribution in [0.5, 0.6) is 0 Å². The van der Waals surface area contributed by atoms with Gasteiger partial charge in [-0.25, -0.2) is 0 Å². The molecule has 0 bridgehead atoms. The van der Waals surface area contributed by atoms with E-state index in [1.165, 1.54) is 6.92 Å². The molecule has 0 aromatic heterocycles. The Balaban J connectivity index is 1.10. The molecule has 2 aliphatic rings. The van der Waals surface area contributed by atoms with Gasteiger partial charge < -0.3 is 15.5 Å². The molecule has 2 N–H and O–H groups in total. The molecule has 41 heavy (non-hydrogen) atoms. The summed E-state index contributed by atoms with van der Waals surface area (Å²) in [5.74, 6) is -0.108. The molecule has 4 aromatic carbocycles. The van der Waals surface area contributed by atoms with Gasteiger partial charge in [-0.3, -0.25) is 19.3 Å². The average molecular weight is 549 g/mol. The average Bonchev–Trinajstić information content (AvgIpc) is 2.99. The number of likely N-dealkylation sites (tertiary alicyclic amines) is 2. The van der Waals surface area contributed by atoms with Crippen molar-refractivity contribution in [2.24, 2.45) is 5.92 Å². The van der Waals surface area contributed by atoms with Gasteiger partial charge in [-0.15, -0.1) is 0 Å². The summed E-state index contributed by atoms with van der Waals surface area (Å²) in [7, 11) is 0. The molecule has 0 radical (unpaired) electrons. The molecule has 0 saturated carbocycles. The van der Waals surface area contributed by atoms with Crippen LogP contribution in [0.3, 0.4) is 0 Å². The highest BCUT2D eigenvalue weighted by Crippen LogP contribution is 2.31. The summed E-state index contributed by atoms with van der Waals surface area (Å²) < 4.78 is 0. The summed E-state index contributed by atoms with van der Waals surface area (Å²) in [6, 6.07) is 26.1. The third kappa shape index (κ3) is 5.81. The van der Waals surface area contributed by atoms with Gasteiger partial charge >= 0.3 is 0 Å². The molecule has 4 aromatic rings. The van der Waals surface area contributed by atoms with Gasteiger partial charge in [0.1, 0.15) is 0 Å². The van der Waals surface area contributed by atoms with Crippen molar-refractivity contribution in [3.63, 3.8) is 0 Å². The number of nitrogens with one attached hydrogen (secondary N) is 2. The lowest BCUT2D eigenvalue weighted by atomic mass is 9.92. The van der Waals surface area contributed by atoms with Crippen molar-refractivity contribution in [1.82, 2.24) is 9.80 Å². The highest BCUT2D eigenvalue weighted by Gasteiger charge is 2.33. The number of carbonyl (C=O) groups excluding carboxylic acids is 3. The number of benzene rings is 4. The Morgan fingerprint density at radius 2 is 1.37 bits per heavy atom. The predicted molar refractivity (Wildman–Crippen MR) is 164 cm³/mol. The van der Waals surface area contributed by atoms with Crippen molar-refractivity contribution in [3.8, 4) is 0 Å². The van der Waals surface area contributed by atoms with Crippen LogP contribution >= 0.6 is 0 Å². The molecule has 6 rings (SSSR count). The van der Waals surface area contributed by atoms with Gasteiger partial charge in [0, 0.05) is 44.0 Å². The largest absolute Gasteiger partial charge is 0.338 e. The van der Waals surface area contributed by atoms with E-state index in [9.17, 15) is 14.4 Å². The van der Waals surface area contributed by atoms with Crippen molar-refractivity contribution in [3.05, 3.63) is 84.4 Å². The molecule has 2 fully saturated rings. The predicted octanol–water partition coefficient (Wildman–Crippen LogP) is 5.91. The smallest absolute Gasteiger partial charge is 0.255 e. The molecule has 210 valence electrons. The number of anilines is 2. The number of hydrogen-bond acceptors (Lipinski definition) is 4. The second-order valence-corrected chi connectivity index (χ2v) is 11.3. The molecular formula is C34H36N4O3. The van der Waals surface area contributed by atoms with Gasteiger partial charge in [-0.2, -0.15) is 0 Å². The van der Waals surface area contributed by atoms with Gasteiger partial charge in [-0.05, 0) is 78.0 Å². The Labute approximate surface area is 240 Å². The van der Waals surface area contributed by atoms with Gasteiger partial charge in [0.2, 0.25) is 11.8 Å². The first kappa shape index (κ1) is 27.0. The molecule has 2 aliphatic heterocycles. The van der Waals surface area contributed by atoms with Gasteiger partial charge in [0.25, 0.3) is 5.91 Å². The van der Waals surface area contributed by atoms with E-state index in [4.69, 9.17) is 0 Å². The Kier molecular flexibility index (Phi) is 7.70. The maximum Gasteiger partial charge on any atom is 0.255 e. The zero-order valence-electron chi connectivity index (χ0n) is 23.4. The maximum atomic E-state index is 13.9. The van der Waals surface area contributed by atoms with Crippen LogP contribution in [0.25, 0.3) is 21.5 Å². The van der Waals surface area contributed by atoms with Crippen LogP contribution in [-0.4, -0.2) is 59.7 Å². The number of hydrogen-bond donors (Lipinski definition) is 2. The van der Waals surface area contributed by atoms with E-state index in [-0.39, 0.29) is 23.6 Å². The second kappa shape index (κ2) is 11.7. The summed E-state index contributed by atoms with van der Waals surface area (Å²) in [4.78, 5) is 43.0. The third-order valence-corrected chi connectivity index (χ3v) is 8.53. The van der Waals surface area contributed by atoms with Crippen LogP contribution in [0.4, 0.5) is 11.4 Å². The fourth-order valence-electron chi connectivity index (χ4n) is 6.51. The fraction of sp³-hybridized carbons (Fsp3) is 0.324. The van der Waals surface area contributed by atoms with Crippen molar-refractivity contribution < 1.29 is 14.4 Å². The van der Waals surface area contributed by atoms with E-state index < -0.39 is 0 Å². The van der Waals surface area contributed by atoms with Crippen LogP contribution in [0.2, 0.25) is 0 Å². The van der Waals surface area contributed by atoms with Crippen LogP contribution < -0.4 is 10.6 Å². The van der Waals surface area contributed by atoms with Crippen molar-refractivity contribution >= 4 is 50.6 Å². The minimum Gasteiger partial charge on any atom is -0.338 e. The highest BCUT2D eigenvalue weighted by atomic mass is 16.2. The lowest BCUT2D eigenvalue weighted by molar-refractivity contribution is -0.122. The van der Waals surface area contributed by atoms with E-state index in [1.807, 2.05) is 41.3 Å². The van der Waals surface area contributed by atoms with Crippen molar-refractivity contribution in [1.29, 1.82) is 0 Å². The molecule has 7 nitrogen and oxygen atoms in total. The van der Waals surface area contributed by atoms with Crippen LogP contribution in [0, 0.1) is 5.92 Å².